The number of benzene rings is 1. The summed E-state index contributed by atoms with van der Waals surface area (Å²) in [4.78, 5) is 17.5. The van der Waals surface area contributed by atoms with Gasteiger partial charge in [-0.3, -0.25) is 4.79 Å². The summed E-state index contributed by atoms with van der Waals surface area (Å²) in [5.74, 6) is -0.0115. The summed E-state index contributed by atoms with van der Waals surface area (Å²) in [5.41, 5.74) is 0.220. The van der Waals surface area contributed by atoms with Crippen molar-refractivity contribution >= 4 is 0 Å². The third kappa shape index (κ3) is 1.93. The Kier molecular flexibility index (Phi) is 2.68. The van der Waals surface area contributed by atoms with Crippen molar-refractivity contribution in [2.75, 3.05) is 7.11 Å². The van der Waals surface area contributed by atoms with E-state index in [9.17, 15) is 9.18 Å². The third-order valence-corrected chi connectivity index (χ3v) is 2.10. The molecule has 0 atom stereocenters. The summed E-state index contributed by atoms with van der Waals surface area (Å²) in [7, 11) is 1.39. The summed E-state index contributed by atoms with van der Waals surface area (Å²) in [6.07, 6.45) is 1.37. The maximum atomic E-state index is 13.4. The summed E-state index contributed by atoms with van der Waals surface area (Å²) < 4.78 is 18.2. The van der Waals surface area contributed by atoms with Crippen molar-refractivity contribution in [3.05, 3.63) is 46.6 Å². The highest BCUT2D eigenvalue weighted by Crippen LogP contribution is 2.22. The number of aromatic nitrogens is 2. The molecule has 0 spiro atoms. The van der Waals surface area contributed by atoms with Crippen molar-refractivity contribution in [3.8, 4) is 17.1 Å². The molecule has 16 heavy (non-hydrogen) atoms. The Bertz CT molecular complexity index is 566. The molecule has 0 saturated heterocycles. The number of ether oxygens (including phenoxy) is 1. The summed E-state index contributed by atoms with van der Waals surface area (Å²) in [6, 6.07) is 5.67. The van der Waals surface area contributed by atoms with Gasteiger partial charge in [0.05, 0.1) is 7.11 Å². The summed E-state index contributed by atoms with van der Waals surface area (Å²) in [6.45, 7) is 0. The molecule has 0 radical (unpaired) electrons. The molecule has 1 heterocycles. The molecule has 0 aliphatic rings. The van der Waals surface area contributed by atoms with E-state index in [2.05, 4.69) is 9.97 Å². The zero-order valence-electron chi connectivity index (χ0n) is 8.53. The largest absolute Gasteiger partial charge is 0.494 e. The van der Waals surface area contributed by atoms with Crippen LogP contribution in [0.5, 0.6) is 5.75 Å². The first-order chi connectivity index (χ1) is 7.70. The van der Waals surface area contributed by atoms with Crippen LogP contribution in [0.15, 0.2) is 35.3 Å². The van der Waals surface area contributed by atoms with Crippen LogP contribution in [0.25, 0.3) is 11.4 Å². The number of methoxy groups -OCH3 is 1. The normalized spacial score (nSPS) is 10.1. The van der Waals surface area contributed by atoms with Gasteiger partial charge < -0.3 is 9.72 Å². The van der Waals surface area contributed by atoms with Gasteiger partial charge in [-0.05, 0) is 18.2 Å². The number of nitrogens with one attached hydrogen (secondary N) is 1. The maximum Gasteiger partial charge on any atom is 0.251 e. The van der Waals surface area contributed by atoms with Crippen LogP contribution in [0.3, 0.4) is 0 Å². The highest BCUT2D eigenvalue weighted by molar-refractivity contribution is 5.56. The van der Waals surface area contributed by atoms with Gasteiger partial charge in [-0.15, -0.1) is 0 Å². The minimum Gasteiger partial charge on any atom is -0.494 e. The lowest BCUT2D eigenvalue weighted by Gasteiger charge is -2.04. The second-order valence-corrected chi connectivity index (χ2v) is 3.13. The lowest BCUT2D eigenvalue weighted by molar-refractivity contribution is 0.386. The molecule has 1 aromatic carbocycles. The molecule has 0 saturated carbocycles. The lowest BCUT2D eigenvalue weighted by atomic mass is 10.2. The Morgan fingerprint density at radius 1 is 1.38 bits per heavy atom. The van der Waals surface area contributed by atoms with E-state index in [1.807, 2.05) is 0 Å². The molecule has 0 amide bonds. The van der Waals surface area contributed by atoms with Gasteiger partial charge in [-0.2, -0.15) is 0 Å². The minimum atomic E-state index is -0.494. The van der Waals surface area contributed by atoms with Crippen LogP contribution in [0.1, 0.15) is 0 Å². The molecule has 1 N–H and O–H groups in total. The Morgan fingerprint density at radius 2 is 2.19 bits per heavy atom. The monoisotopic (exact) mass is 220 g/mol. The number of rotatable bonds is 2. The van der Waals surface area contributed by atoms with Gasteiger partial charge >= 0.3 is 0 Å². The van der Waals surface area contributed by atoms with Crippen molar-refractivity contribution in [1.29, 1.82) is 0 Å². The topological polar surface area (TPSA) is 55.0 Å². The van der Waals surface area contributed by atoms with Crippen molar-refractivity contribution < 1.29 is 9.13 Å². The standard InChI is InChI=1S/C11H9FN2O2/c1-16-9-3-2-7(6-8(9)12)11-13-5-4-10(15)14-11/h2-6H,1H3,(H,13,14,15). The van der Waals surface area contributed by atoms with Crippen molar-refractivity contribution in [2.24, 2.45) is 0 Å². The van der Waals surface area contributed by atoms with Gasteiger partial charge in [0.25, 0.3) is 5.56 Å². The average Bonchev–Trinajstić information content (AvgIpc) is 2.29. The highest BCUT2D eigenvalue weighted by Gasteiger charge is 2.06. The number of hydrogen-bond acceptors (Lipinski definition) is 3. The summed E-state index contributed by atoms with van der Waals surface area (Å²) in [5, 5.41) is 0. The van der Waals surface area contributed by atoms with E-state index in [1.54, 1.807) is 6.07 Å². The molecule has 5 heteroatoms. The van der Waals surface area contributed by atoms with Crippen LogP contribution in [-0.2, 0) is 0 Å². The molecule has 0 bridgehead atoms. The predicted molar refractivity (Wildman–Crippen MR) is 56.8 cm³/mol. The van der Waals surface area contributed by atoms with Gasteiger partial charge in [0.1, 0.15) is 5.82 Å². The third-order valence-electron chi connectivity index (χ3n) is 2.10. The lowest BCUT2D eigenvalue weighted by Crippen LogP contribution is -2.05. The Morgan fingerprint density at radius 3 is 2.81 bits per heavy atom. The van der Waals surface area contributed by atoms with Gasteiger partial charge in [0, 0.05) is 17.8 Å². The molecular weight excluding hydrogens is 211 g/mol. The van der Waals surface area contributed by atoms with E-state index in [0.29, 0.717) is 11.4 Å². The van der Waals surface area contributed by atoms with E-state index in [1.165, 1.54) is 31.5 Å². The van der Waals surface area contributed by atoms with Crippen LogP contribution in [0.2, 0.25) is 0 Å². The average molecular weight is 220 g/mol. The second-order valence-electron chi connectivity index (χ2n) is 3.13. The predicted octanol–water partition coefficient (Wildman–Crippen LogP) is 1.58. The molecule has 0 fully saturated rings. The highest BCUT2D eigenvalue weighted by atomic mass is 19.1. The summed E-state index contributed by atoms with van der Waals surface area (Å²) >= 11 is 0. The van der Waals surface area contributed by atoms with E-state index >= 15 is 0 Å². The molecule has 2 aromatic rings. The van der Waals surface area contributed by atoms with Crippen LogP contribution in [0.4, 0.5) is 4.39 Å². The SMILES string of the molecule is COc1ccc(-c2nccc(=O)[nH]2)cc1F. The Labute approximate surface area is 90.7 Å². The molecule has 2 rings (SSSR count). The number of aromatic amines is 1. The molecule has 0 aliphatic carbocycles. The number of H-pyrrole nitrogens is 1. The zero-order chi connectivity index (χ0) is 11.5. The van der Waals surface area contributed by atoms with E-state index in [4.69, 9.17) is 4.74 Å². The van der Waals surface area contributed by atoms with E-state index in [0.717, 1.165) is 0 Å². The number of nitrogens with zero attached hydrogens (tertiary/aromatic N) is 1. The van der Waals surface area contributed by atoms with Crippen LogP contribution in [-0.4, -0.2) is 17.1 Å². The molecule has 4 nitrogen and oxygen atoms in total. The quantitative estimate of drug-likeness (QED) is 0.836. The Balaban J connectivity index is 2.49. The van der Waals surface area contributed by atoms with Gasteiger partial charge in [-0.1, -0.05) is 0 Å². The molecule has 82 valence electrons. The van der Waals surface area contributed by atoms with Crippen LogP contribution >= 0.6 is 0 Å². The maximum absolute atomic E-state index is 13.4. The van der Waals surface area contributed by atoms with Crippen molar-refractivity contribution in [3.63, 3.8) is 0 Å². The minimum absolute atomic E-state index is 0.155. The second kappa shape index (κ2) is 4.14. The zero-order valence-corrected chi connectivity index (χ0v) is 8.53. The van der Waals surface area contributed by atoms with Crippen molar-refractivity contribution in [2.45, 2.75) is 0 Å². The number of hydrogen-bond donors (Lipinski definition) is 1. The molecule has 1 aromatic heterocycles. The number of halogens is 1. The van der Waals surface area contributed by atoms with Crippen LogP contribution < -0.4 is 10.3 Å². The van der Waals surface area contributed by atoms with E-state index < -0.39 is 5.82 Å². The molecular formula is C11H9FN2O2. The first kappa shape index (κ1) is 10.4. The molecule has 0 aliphatic heterocycles. The first-order valence-corrected chi connectivity index (χ1v) is 4.60. The van der Waals surface area contributed by atoms with Crippen LogP contribution in [0, 0.1) is 5.82 Å². The smallest absolute Gasteiger partial charge is 0.251 e. The first-order valence-electron chi connectivity index (χ1n) is 4.60. The van der Waals surface area contributed by atoms with Gasteiger partial charge in [0.2, 0.25) is 0 Å². The van der Waals surface area contributed by atoms with Gasteiger partial charge in [0.15, 0.2) is 11.6 Å². The fourth-order valence-electron chi connectivity index (χ4n) is 1.33. The van der Waals surface area contributed by atoms with Crippen molar-refractivity contribution in [1.82, 2.24) is 9.97 Å². The fraction of sp³-hybridized carbons (Fsp3) is 0.0909. The van der Waals surface area contributed by atoms with E-state index in [-0.39, 0.29) is 11.3 Å². The van der Waals surface area contributed by atoms with Gasteiger partial charge in [-0.25, -0.2) is 9.37 Å². The molecule has 0 unspecified atom stereocenters. The Hall–Kier alpha value is -2.17. The fourth-order valence-corrected chi connectivity index (χ4v) is 1.33.